The number of aromatic nitrogens is 1. The molecule has 0 bridgehead atoms. The molecular weight excluding hydrogens is 263 g/mol. The largest absolute Gasteiger partial charge is 0.261 e. The van der Waals surface area contributed by atoms with Gasteiger partial charge in [-0.05, 0) is 30.7 Å². The third-order valence-corrected chi connectivity index (χ3v) is 5.26. The quantitative estimate of drug-likeness (QED) is 0.903. The van der Waals surface area contributed by atoms with Crippen LogP contribution in [0.15, 0.2) is 23.4 Å². The Morgan fingerprint density at radius 3 is 3.06 bits per heavy atom. The van der Waals surface area contributed by atoms with Crippen molar-refractivity contribution < 1.29 is 12.8 Å². The van der Waals surface area contributed by atoms with Crippen molar-refractivity contribution in [3.05, 3.63) is 24.1 Å². The average Bonchev–Trinajstić information content (AvgIpc) is 2.80. The molecule has 17 heavy (non-hydrogen) atoms. The van der Waals surface area contributed by atoms with Crippen molar-refractivity contribution in [2.24, 2.45) is 0 Å². The molecule has 1 aliphatic rings. The monoisotopic (exact) mass is 276 g/mol. The molecule has 1 aliphatic heterocycles. The van der Waals surface area contributed by atoms with Crippen LogP contribution in [0.25, 0.3) is 0 Å². The van der Waals surface area contributed by atoms with Crippen molar-refractivity contribution in [1.82, 2.24) is 9.71 Å². The molecule has 0 saturated carbocycles. The molecule has 1 N–H and O–H groups in total. The first-order valence-electron chi connectivity index (χ1n) is 5.31. The Balaban J connectivity index is 2.06. The van der Waals surface area contributed by atoms with Gasteiger partial charge >= 0.3 is 0 Å². The standard InChI is InChI=1S/C10H13FN2O2S2/c11-9-4-1-5-12-10(9)17(14,15)13-7-8-3-2-6-16-8/h1,4-5,8,13H,2-3,6-7H2. The molecule has 7 heteroatoms. The number of sulfonamides is 1. The van der Waals surface area contributed by atoms with Crippen LogP contribution in [-0.2, 0) is 10.0 Å². The Labute approximate surface area is 104 Å². The maximum Gasteiger partial charge on any atom is 0.261 e. The molecule has 1 atom stereocenters. The number of thioether (sulfide) groups is 1. The molecular formula is C10H13FN2O2S2. The number of rotatable bonds is 4. The van der Waals surface area contributed by atoms with E-state index >= 15 is 0 Å². The van der Waals surface area contributed by atoms with Crippen LogP contribution in [-0.4, -0.2) is 30.9 Å². The fourth-order valence-corrected chi connectivity index (χ4v) is 4.03. The predicted molar refractivity (Wildman–Crippen MR) is 64.9 cm³/mol. The summed E-state index contributed by atoms with van der Waals surface area (Å²) in [6, 6.07) is 2.45. The summed E-state index contributed by atoms with van der Waals surface area (Å²) in [5, 5.41) is -0.237. The van der Waals surface area contributed by atoms with E-state index in [-0.39, 0.29) is 5.25 Å². The molecule has 2 heterocycles. The summed E-state index contributed by atoms with van der Waals surface area (Å²) in [4.78, 5) is 3.56. The molecule has 0 radical (unpaired) electrons. The highest BCUT2D eigenvalue weighted by Crippen LogP contribution is 2.25. The lowest BCUT2D eigenvalue weighted by atomic mass is 10.2. The summed E-state index contributed by atoms with van der Waals surface area (Å²) in [5.41, 5.74) is 0. The lowest BCUT2D eigenvalue weighted by Gasteiger charge is -2.10. The molecule has 0 aromatic carbocycles. The molecule has 1 aromatic heterocycles. The molecule has 2 rings (SSSR count). The highest BCUT2D eigenvalue weighted by molar-refractivity contribution is 8.00. The van der Waals surface area contributed by atoms with Crippen LogP contribution in [0.5, 0.6) is 0 Å². The number of nitrogens with zero attached hydrogens (tertiary/aromatic N) is 1. The van der Waals surface area contributed by atoms with E-state index in [0.29, 0.717) is 6.54 Å². The van der Waals surface area contributed by atoms with E-state index in [1.54, 1.807) is 11.8 Å². The number of pyridine rings is 1. The van der Waals surface area contributed by atoms with E-state index in [0.717, 1.165) is 24.7 Å². The highest BCUT2D eigenvalue weighted by Gasteiger charge is 2.23. The van der Waals surface area contributed by atoms with Crippen molar-refractivity contribution >= 4 is 21.8 Å². The van der Waals surface area contributed by atoms with Crippen LogP contribution in [0.1, 0.15) is 12.8 Å². The minimum absolute atomic E-state index is 0.288. The molecule has 0 spiro atoms. The van der Waals surface area contributed by atoms with E-state index in [2.05, 4.69) is 9.71 Å². The topological polar surface area (TPSA) is 59.1 Å². The fraction of sp³-hybridized carbons (Fsp3) is 0.500. The zero-order chi connectivity index (χ0) is 12.3. The van der Waals surface area contributed by atoms with E-state index < -0.39 is 20.9 Å². The van der Waals surface area contributed by atoms with Crippen LogP contribution in [0.4, 0.5) is 4.39 Å². The molecule has 1 unspecified atom stereocenters. The van der Waals surface area contributed by atoms with Gasteiger partial charge in [0.05, 0.1) is 0 Å². The minimum Gasteiger partial charge on any atom is -0.241 e. The van der Waals surface area contributed by atoms with E-state index in [1.807, 2.05) is 0 Å². The van der Waals surface area contributed by atoms with Crippen molar-refractivity contribution in [3.63, 3.8) is 0 Å². The zero-order valence-corrected chi connectivity index (χ0v) is 10.7. The van der Waals surface area contributed by atoms with Gasteiger partial charge in [0.1, 0.15) is 0 Å². The van der Waals surface area contributed by atoms with Crippen molar-refractivity contribution in [2.45, 2.75) is 23.1 Å². The third-order valence-electron chi connectivity index (χ3n) is 2.50. The highest BCUT2D eigenvalue weighted by atomic mass is 32.2. The van der Waals surface area contributed by atoms with Gasteiger partial charge in [0, 0.05) is 18.0 Å². The van der Waals surface area contributed by atoms with Crippen LogP contribution < -0.4 is 4.72 Å². The summed E-state index contributed by atoms with van der Waals surface area (Å²) >= 11 is 1.74. The van der Waals surface area contributed by atoms with Gasteiger partial charge in [0.25, 0.3) is 10.0 Å². The van der Waals surface area contributed by atoms with E-state index in [9.17, 15) is 12.8 Å². The number of nitrogens with one attached hydrogen (secondary N) is 1. The summed E-state index contributed by atoms with van der Waals surface area (Å²) < 4.78 is 39.3. The van der Waals surface area contributed by atoms with Crippen molar-refractivity contribution in [1.29, 1.82) is 0 Å². The first kappa shape index (κ1) is 12.8. The minimum atomic E-state index is -3.83. The van der Waals surface area contributed by atoms with Crippen molar-refractivity contribution in [2.75, 3.05) is 12.3 Å². The fourth-order valence-electron chi connectivity index (χ4n) is 1.65. The first-order valence-corrected chi connectivity index (χ1v) is 7.84. The SMILES string of the molecule is O=S(=O)(NCC1CCCS1)c1ncccc1F. The van der Waals surface area contributed by atoms with Crippen LogP contribution in [0, 0.1) is 5.82 Å². The third kappa shape index (κ3) is 3.17. The Morgan fingerprint density at radius 1 is 1.59 bits per heavy atom. The van der Waals surface area contributed by atoms with Crippen LogP contribution >= 0.6 is 11.8 Å². The molecule has 94 valence electrons. The normalized spacial score (nSPS) is 20.6. The second-order valence-corrected chi connectivity index (χ2v) is 6.87. The predicted octanol–water partition coefficient (Wildman–Crippen LogP) is 1.39. The van der Waals surface area contributed by atoms with Crippen molar-refractivity contribution in [3.8, 4) is 0 Å². The molecule has 1 saturated heterocycles. The number of hydrogen-bond donors (Lipinski definition) is 1. The van der Waals surface area contributed by atoms with Gasteiger partial charge in [0.15, 0.2) is 5.82 Å². The molecule has 1 aromatic rings. The lowest BCUT2D eigenvalue weighted by molar-refractivity contribution is 0.543. The second kappa shape index (κ2) is 5.32. The van der Waals surface area contributed by atoms with Gasteiger partial charge in [-0.1, -0.05) is 0 Å². The maximum atomic E-state index is 13.3. The lowest BCUT2D eigenvalue weighted by Crippen LogP contribution is -2.31. The van der Waals surface area contributed by atoms with E-state index in [4.69, 9.17) is 0 Å². The van der Waals surface area contributed by atoms with Crippen LogP contribution in [0.3, 0.4) is 0 Å². The van der Waals surface area contributed by atoms with Gasteiger partial charge in [-0.15, -0.1) is 0 Å². The zero-order valence-electron chi connectivity index (χ0n) is 9.10. The number of hydrogen-bond acceptors (Lipinski definition) is 4. The molecule has 0 amide bonds. The number of halogens is 1. The second-order valence-electron chi connectivity index (χ2n) is 3.78. The van der Waals surface area contributed by atoms with Crippen LogP contribution in [0.2, 0.25) is 0 Å². The smallest absolute Gasteiger partial charge is 0.241 e. The van der Waals surface area contributed by atoms with Gasteiger partial charge in [0.2, 0.25) is 5.03 Å². The molecule has 1 fully saturated rings. The Hall–Kier alpha value is -0.660. The van der Waals surface area contributed by atoms with Gasteiger partial charge in [-0.25, -0.2) is 22.5 Å². The van der Waals surface area contributed by atoms with E-state index in [1.165, 1.54) is 12.3 Å². The average molecular weight is 276 g/mol. The Bertz CT molecular complexity index is 487. The summed E-state index contributed by atoms with van der Waals surface area (Å²) in [5.74, 6) is 0.240. The molecule has 4 nitrogen and oxygen atoms in total. The van der Waals surface area contributed by atoms with Gasteiger partial charge in [-0.2, -0.15) is 11.8 Å². The summed E-state index contributed by atoms with van der Waals surface area (Å²) in [6.07, 6.45) is 3.37. The summed E-state index contributed by atoms with van der Waals surface area (Å²) in [7, 11) is -3.83. The van der Waals surface area contributed by atoms with Gasteiger partial charge < -0.3 is 0 Å². The molecule has 0 aliphatic carbocycles. The Morgan fingerprint density at radius 2 is 2.41 bits per heavy atom. The Kier molecular flexibility index (Phi) is 4.01. The summed E-state index contributed by atoms with van der Waals surface area (Å²) in [6.45, 7) is 0.336. The first-order chi connectivity index (χ1) is 8.09. The van der Waals surface area contributed by atoms with Gasteiger partial charge in [-0.3, -0.25) is 0 Å². The maximum absolute atomic E-state index is 13.3.